The van der Waals surface area contributed by atoms with Crippen molar-refractivity contribution in [2.45, 2.75) is 18.3 Å². The molecule has 7 heteroatoms. The van der Waals surface area contributed by atoms with E-state index in [-0.39, 0.29) is 36.1 Å². The zero-order valence-electron chi connectivity index (χ0n) is 14.0. The number of hydrogen-bond acceptors (Lipinski definition) is 4. The molecule has 0 aromatic heterocycles. The molecule has 1 saturated heterocycles. The monoisotopic (exact) mass is 360 g/mol. The Morgan fingerprint density at radius 1 is 1.29 bits per heavy atom. The van der Waals surface area contributed by atoms with Crippen LogP contribution in [0.5, 0.6) is 0 Å². The van der Waals surface area contributed by atoms with Crippen LogP contribution in [0.1, 0.15) is 18.4 Å². The Balaban J connectivity index is 0.00000288. The van der Waals surface area contributed by atoms with E-state index >= 15 is 0 Å². The first-order valence-electron chi connectivity index (χ1n) is 7.96. The Hall–Kier alpha value is -1.21. The number of ether oxygens (including phenoxy) is 2. The van der Waals surface area contributed by atoms with Crippen LogP contribution >= 0.6 is 12.4 Å². The second kappa shape index (κ2) is 10.6. The molecule has 1 amide bonds. The van der Waals surface area contributed by atoms with Gasteiger partial charge in [0.25, 0.3) is 0 Å². The Morgan fingerprint density at radius 2 is 1.96 bits per heavy atom. The molecule has 1 heterocycles. The minimum absolute atomic E-state index is 0. The summed E-state index contributed by atoms with van der Waals surface area (Å²) in [5, 5.41) is 6.01. The van der Waals surface area contributed by atoms with Gasteiger partial charge in [-0.05, 0) is 30.5 Å². The Labute approximate surface area is 148 Å². The number of carbonyl (C=O) groups is 1. The molecule has 0 bridgehead atoms. The van der Waals surface area contributed by atoms with E-state index in [0.717, 1.165) is 18.4 Å². The van der Waals surface area contributed by atoms with Crippen molar-refractivity contribution >= 4 is 18.3 Å². The maximum atomic E-state index is 13.2. The summed E-state index contributed by atoms with van der Waals surface area (Å²) in [6.07, 6.45) is 1.63. The lowest BCUT2D eigenvalue weighted by Gasteiger charge is -2.38. The molecule has 2 N–H and O–H groups in total. The lowest BCUT2D eigenvalue weighted by Crippen LogP contribution is -2.46. The Bertz CT molecular complexity index is 493. The van der Waals surface area contributed by atoms with Crippen LogP contribution in [0.4, 0.5) is 4.39 Å². The quantitative estimate of drug-likeness (QED) is 0.692. The average molecular weight is 361 g/mol. The van der Waals surface area contributed by atoms with Crippen LogP contribution in [0.15, 0.2) is 24.3 Å². The minimum Gasteiger partial charge on any atom is -0.383 e. The van der Waals surface area contributed by atoms with Crippen molar-refractivity contribution in [3.8, 4) is 0 Å². The number of rotatable bonds is 8. The van der Waals surface area contributed by atoms with Crippen LogP contribution in [-0.2, 0) is 19.7 Å². The lowest BCUT2D eigenvalue weighted by atomic mass is 9.74. The van der Waals surface area contributed by atoms with Crippen LogP contribution < -0.4 is 10.6 Å². The molecule has 1 aliphatic heterocycles. The molecule has 1 aromatic rings. The van der Waals surface area contributed by atoms with Gasteiger partial charge < -0.3 is 20.1 Å². The molecule has 1 aromatic carbocycles. The van der Waals surface area contributed by atoms with E-state index in [9.17, 15) is 9.18 Å². The van der Waals surface area contributed by atoms with E-state index in [1.165, 1.54) is 12.1 Å². The SMILES string of the molecule is COCCNCC(=O)NCC1(c2ccc(F)cc2)CCOCC1.Cl. The predicted octanol–water partition coefficient (Wildman–Crippen LogP) is 1.65. The average Bonchev–Trinajstić information content (AvgIpc) is 2.58. The highest BCUT2D eigenvalue weighted by Crippen LogP contribution is 2.34. The third kappa shape index (κ3) is 6.02. The summed E-state index contributed by atoms with van der Waals surface area (Å²) in [6.45, 7) is 3.32. The summed E-state index contributed by atoms with van der Waals surface area (Å²) in [5.41, 5.74) is 0.864. The van der Waals surface area contributed by atoms with Gasteiger partial charge in [0.1, 0.15) is 5.82 Å². The highest BCUT2D eigenvalue weighted by molar-refractivity contribution is 5.85. The zero-order chi connectivity index (χ0) is 16.5. The number of halogens is 2. The maximum Gasteiger partial charge on any atom is 0.233 e. The fourth-order valence-electron chi connectivity index (χ4n) is 2.84. The summed E-state index contributed by atoms with van der Waals surface area (Å²) in [6, 6.07) is 6.56. The van der Waals surface area contributed by atoms with Crippen LogP contribution in [-0.4, -0.2) is 52.5 Å². The molecule has 2 rings (SSSR count). The fourth-order valence-corrected chi connectivity index (χ4v) is 2.84. The van der Waals surface area contributed by atoms with Crippen LogP contribution in [0.25, 0.3) is 0 Å². The molecule has 0 atom stereocenters. The third-order valence-corrected chi connectivity index (χ3v) is 4.30. The van der Waals surface area contributed by atoms with Gasteiger partial charge in [-0.25, -0.2) is 4.39 Å². The van der Waals surface area contributed by atoms with Crippen molar-refractivity contribution in [1.82, 2.24) is 10.6 Å². The first-order chi connectivity index (χ1) is 11.2. The molecular weight excluding hydrogens is 335 g/mol. The highest BCUT2D eigenvalue weighted by Gasteiger charge is 2.34. The van der Waals surface area contributed by atoms with E-state index in [4.69, 9.17) is 9.47 Å². The van der Waals surface area contributed by atoms with Crippen molar-refractivity contribution < 1.29 is 18.7 Å². The van der Waals surface area contributed by atoms with Crippen molar-refractivity contribution in [3.63, 3.8) is 0 Å². The van der Waals surface area contributed by atoms with Crippen LogP contribution in [0, 0.1) is 5.82 Å². The molecule has 0 radical (unpaired) electrons. The van der Waals surface area contributed by atoms with E-state index in [1.807, 2.05) is 12.1 Å². The van der Waals surface area contributed by atoms with Gasteiger partial charge >= 0.3 is 0 Å². The van der Waals surface area contributed by atoms with Crippen molar-refractivity contribution in [3.05, 3.63) is 35.6 Å². The topological polar surface area (TPSA) is 59.6 Å². The Morgan fingerprint density at radius 3 is 2.58 bits per heavy atom. The molecule has 1 fully saturated rings. The molecule has 0 saturated carbocycles. The molecule has 0 aliphatic carbocycles. The summed E-state index contributed by atoms with van der Waals surface area (Å²) >= 11 is 0. The number of nitrogens with one attached hydrogen (secondary N) is 2. The first-order valence-corrected chi connectivity index (χ1v) is 7.96. The van der Waals surface area contributed by atoms with Gasteiger partial charge in [-0.2, -0.15) is 0 Å². The molecular formula is C17H26ClFN2O3. The van der Waals surface area contributed by atoms with Crippen molar-refractivity contribution in [2.75, 3.05) is 46.6 Å². The largest absolute Gasteiger partial charge is 0.383 e. The molecule has 1 aliphatic rings. The summed E-state index contributed by atoms with van der Waals surface area (Å²) in [4.78, 5) is 12.0. The van der Waals surface area contributed by atoms with Crippen molar-refractivity contribution in [1.29, 1.82) is 0 Å². The van der Waals surface area contributed by atoms with E-state index in [1.54, 1.807) is 7.11 Å². The number of benzene rings is 1. The number of amides is 1. The van der Waals surface area contributed by atoms with Gasteiger partial charge in [-0.15, -0.1) is 12.4 Å². The van der Waals surface area contributed by atoms with E-state index in [2.05, 4.69) is 10.6 Å². The summed E-state index contributed by atoms with van der Waals surface area (Å²) < 4.78 is 23.6. The van der Waals surface area contributed by atoms with Crippen molar-refractivity contribution in [2.24, 2.45) is 0 Å². The number of methoxy groups -OCH3 is 1. The van der Waals surface area contributed by atoms with E-state index < -0.39 is 0 Å². The lowest BCUT2D eigenvalue weighted by molar-refractivity contribution is -0.120. The first kappa shape index (κ1) is 20.8. The summed E-state index contributed by atoms with van der Waals surface area (Å²) in [7, 11) is 1.62. The zero-order valence-corrected chi connectivity index (χ0v) is 14.8. The van der Waals surface area contributed by atoms with E-state index in [0.29, 0.717) is 32.9 Å². The molecule has 5 nitrogen and oxygen atoms in total. The molecule has 0 unspecified atom stereocenters. The highest BCUT2D eigenvalue weighted by atomic mass is 35.5. The van der Waals surface area contributed by atoms with Gasteiger partial charge in [-0.3, -0.25) is 4.79 Å². The van der Waals surface area contributed by atoms with Gasteiger partial charge in [0.15, 0.2) is 0 Å². The normalized spacial score (nSPS) is 16.2. The smallest absolute Gasteiger partial charge is 0.233 e. The number of carbonyl (C=O) groups excluding carboxylic acids is 1. The molecule has 24 heavy (non-hydrogen) atoms. The second-order valence-corrected chi connectivity index (χ2v) is 5.85. The van der Waals surface area contributed by atoms with Gasteiger partial charge in [0, 0.05) is 38.8 Å². The summed E-state index contributed by atoms with van der Waals surface area (Å²) in [5.74, 6) is -0.295. The Kier molecular flexibility index (Phi) is 9.21. The van der Waals surface area contributed by atoms with Gasteiger partial charge in [-0.1, -0.05) is 12.1 Å². The third-order valence-electron chi connectivity index (χ3n) is 4.30. The van der Waals surface area contributed by atoms with Crippen LogP contribution in [0.3, 0.4) is 0 Å². The number of hydrogen-bond donors (Lipinski definition) is 2. The maximum absolute atomic E-state index is 13.2. The second-order valence-electron chi connectivity index (χ2n) is 5.85. The van der Waals surface area contributed by atoms with Crippen LogP contribution in [0.2, 0.25) is 0 Å². The minimum atomic E-state index is -0.248. The predicted molar refractivity (Wildman–Crippen MR) is 93.1 cm³/mol. The fraction of sp³-hybridized carbons (Fsp3) is 0.588. The molecule has 0 spiro atoms. The van der Waals surface area contributed by atoms with Gasteiger partial charge in [0.2, 0.25) is 5.91 Å². The molecule has 136 valence electrons. The van der Waals surface area contributed by atoms with Gasteiger partial charge in [0.05, 0.1) is 13.2 Å². The standard InChI is InChI=1S/C17H25FN2O3.ClH/c1-22-11-8-19-12-16(21)20-13-17(6-9-23-10-7-17)14-2-4-15(18)5-3-14;/h2-5,19H,6-13H2,1H3,(H,20,21);1H.